The highest BCUT2D eigenvalue weighted by atomic mass is 16.5. The number of tetrazole rings is 1. The van der Waals surface area contributed by atoms with Gasteiger partial charge >= 0.3 is 0 Å². The lowest BCUT2D eigenvalue weighted by Gasteiger charge is -2.01. The van der Waals surface area contributed by atoms with Gasteiger partial charge in [0.25, 0.3) is 0 Å². The lowest BCUT2D eigenvalue weighted by atomic mass is 10.1. The SMILES string of the molecule is COc1cccc(-c2nnn(CC(=O)c3c(C)[nH]c4ccccc34)n2)c1. The van der Waals surface area contributed by atoms with Crippen molar-refractivity contribution in [3.8, 4) is 17.1 Å². The summed E-state index contributed by atoms with van der Waals surface area (Å²) in [6, 6.07) is 15.1. The second-order valence-electron chi connectivity index (χ2n) is 5.97. The first-order valence-electron chi connectivity index (χ1n) is 8.18. The van der Waals surface area contributed by atoms with Gasteiger partial charge in [-0.3, -0.25) is 4.79 Å². The van der Waals surface area contributed by atoms with Crippen LogP contribution in [0, 0.1) is 6.92 Å². The lowest BCUT2D eigenvalue weighted by Crippen LogP contribution is -2.14. The number of ketones is 1. The molecule has 0 aliphatic carbocycles. The normalized spacial score (nSPS) is 11.0. The van der Waals surface area contributed by atoms with E-state index < -0.39 is 0 Å². The maximum Gasteiger partial charge on any atom is 0.205 e. The van der Waals surface area contributed by atoms with Crippen molar-refractivity contribution in [2.24, 2.45) is 0 Å². The first-order chi connectivity index (χ1) is 12.7. The van der Waals surface area contributed by atoms with Gasteiger partial charge in [-0.05, 0) is 30.3 Å². The Hall–Kier alpha value is -3.48. The number of para-hydroxylation sites is 1. The number of Topliss-reactive ketones (excluding diaryl/α,β-unsaturated/α-hetero) is 1. The van der Waals surface area contributed by atoms with Crippen molar-refractivity contribution in [2.75, 3.05) is 7.11 Å². The molecule has 0 amide bonds. The average molecular weight is 347 g/mol. The molecule has 2 aromatic heterocycles. The van der Waals surface area contributed by atoms with E-state index in [-0.39, 0.29) is 12.3 Å². The molecular weight excluding hydrogens is 330 g/mol. The highest BCUT2D eigenvalue weighted by Gasteiger charge is 2.17. The van der Waals surface area contributed by atoms with Crippen molar-refractivity contribution in [3.05, 3.63) is 59.8 Å². The standard InChI is InChI=1S/C19H17N5O2/c1-12-18(15-8-3-4-9-16(15)20-12)17(25)11-24-22-19(21-23-24)13-6-5-7-14(10-13)26-2/h3-10,20H,11H2,1-2H3. The Bertz CT molecular complexity index is 1100. The molecule has 26 heavy (non-hydrogen) atoms. The number of fused-ring (bicyclic) bond motifs is 1. The minimum atomic E-state index is -0.0606. The molecule has 0 bridgehead atoms. The monoisotopic (exact) mass is 347 g/mol. The van der Waals surface area contributed by atoms with Crippen LogP contribution in [0.5, 0.6) is 5.75 Å². The number of nitrogens with zero attached hydrogens (tertiary/aromatic N) is 4. The molecule has 4 aromatic rings. The fourth-order valence-corrected chi connectivity index (χ4v) is 3.03. The van der Waals surface area contributed by atoms with Crippen molar-refractivity contribution >= 4 is 16.7 Å². The van der Waals surface area contributed by atoms with Gasteiger partial charge in [0.15, 0.2) is 5.78 Å². The van der Waals surface area contributed by atoms with Gasteiger partial charge in [-0.1, -0.05) is 30.3 Å². The summed E-state index contributed by atoms with van der Waals surface area (Å²) in [6.45, 7) is 1.92. The zero-order chi connectivity index (χ0) is 18.1. The number of hydrogen-bond donors (Lipinski definition) is 1. The van der Waals surface area contributed by atoms with Gasteiger partial charge in [-0.2, -0.15) is 4.80 Å². The van der Waals surface area contributed by atoms with Gasteiger partial charge in [-0.15, -0.1) is 10.2 Å². The van der Waals surface area contributed by atoms with E-state index >= 15 is 0 Å². The number of benzene rings is 2. The van der Waals surface area contributed by atoms with Gasteiger partial charge in [0.1, 0.15) is 12.3 Å². The number of H-pyrrole nitrogens is 1. The lowest BCUT2D eigenvalue weighted by molar-refractivity contribution is 0.0962. The first-order valence-corrected chi connectivity index (χ1v) is 8.18. The highest BCUT2D eigenvalue weighted by molar-refractivity contribution is 6.09. The highest BCUT2D eigenvalue weighted by Crippen LogP contribution is 2.23. The number of carbonyl (C=O) groups is 1. The van der Waals surface area contributed by atoms with Crippen LogP contribution in [0.3, 0.4) is 0 Å². The van der Waals surface area contributed by atoms with Gasteiger partial charge in [-0.25, -0.2) is 0 Å². The second kappa shape index (κ2) is 6.44. The van der Waals surface area contributed by atoms with E-state index in [4.69, 9.17) is 4.74 Å². The van der Waals surface area contributed by atoms with Crippen molar-refractivity contribution in [2.45, 2.75) is 13.5 Å². The molecule has 0 spiro atoms. The fourth-order valence-electron chi connectivity index (χ4n) is 3.03. The fraction of sp³-hybridized carbons (Fsp3) is 0.158. The van der Waals surface area contributed by atoms with Crippen LogP contribution in [-0.4, -0.2) is 38.1 Å². The predicted octanol–water partition coefficient (Wildman–Crippen LogP) is 3.02. The van der Waals surface area contributed by atoms with Crippen molar-refractivity contribution in [1.29, 1.82) is 0 Å². The number of rotatable bonds is 5. The van der Waals surface area contributed by atoms with Crippen LogP contribution in [-0.2, 0) is 6.54 Å². The van der Waals surface area contributed by atoms with Crippen LogP contribution in [0.25, 0.3) is 22.3 Å². The van der Waals surface area contributed by atoms with E-state index in [1.807, 2.05) is 55.5 Å². The van der Waals surface area contributed by atoms with Crippen molar-refractivity contribution in [1.82, 2.24) is 25.2 Å². The van der Waals surface area contributed by atoms with Crippen molar-refractivity contribution < 1.29 is 9.53 Å². The van der Waals surface area contributed by atoms with Crippen LogP contribution in [0.15, 0.2) is 48.5 Å². The Morgan fingerprint density at radius 3 is 2.88 bits per heavy atom. The Morgan fingerprint density at radius 2 is 2.04 bits per heavy atom. The van der Waals surface area contributed by atoms with Gasteiger partial charge < -0.3 is 9.72 Å². The van der Waals surface area contributed by atoms with Crippen LogP contribution >= 0.6 is 0 Å². The van der Waals surface area contributed by atoms with Gasteiger partial charge in [0.05, 0.1) is 7.11 Å². The first kappa shape index (κ1) is 16.0. The van der Waals surface area contributed by atoms with Gasteiger partial charge in [0.2, 0.25) is 5.82 Å². The van der Waals surface area contributed by atoms with Crippen LogP contribution in [0.1, 0.15) is 16.1 Å². The topological polar surface area (TPSA) is 85.7 Å². The van der Waals surface area contributed by atoms with E-state index in [0.29, 0.717) is 17.1 Å². The van der Waals surface area contributed by atoms with E-state index in [1.54, 1.807) is 7.11 Å². The number of carbonyl (C=O) groups excluding carboxylic acids is 1. The molecule has 0 saturated heterocycles. The molecule has 4 rings (SSSR count). The summed E-state index contributed by atoms with van der Waals surface area (Å²) in [7, 11) is 1.60. The third kappa shape index (κ3) is 2.83. The molecule has 7 nitrogen and oxygen atoms in total. The number of aromatic amines is 1. The van der Waals surface area contributed by atoms with E-state index in [9.17, 15) is 4.79 Å². The predicted molar refractivity (Wildman–Crippen MR) is 97.2 cm³/mol. The molecular formula is C19H17N5O2. The molecule has 0 aliphatic rings. The smallest absolute Gasteiger partial charge is 0.205 e. The zero-order valence-electron chi connectivity index (χ0n) is 14.4. The summed E-state index contributed by atoms with van der Waals surface area (Å²) in [5.74, 6) is 1.10. The van der Waals surface area contributed by atoms with E-state index in [2.05, 4.69) is 20.4 Å². The molecule has 0 aliphatic heterocycles. The van der Waals surface area contributed by atoms with E-state index in [1.165, 1.54) is 4.80 Å². The minimum Gasteiger partial charge on any atom is -0.497 e. The third-order valence-electron chi connectivity index (χ3n) is 4.24. The molecule has 0 fully saturated rings. The summed E-state index contributed by atoms with van der Waals surface area (Å²) in [5, 5.41) is 13.3. The summed E-state index contributed by atoms with van der Waals surface area (Å²) >= 11 is 0. The summed E-state index contributed by atoms with van der Waals surface area (Å²) in [6.07, 6.45) is 0. The molecule has 7 heteroatoms. The number of aromatic nitrogens is 5. The maximum absolute atomic E-state index is 12.8. The molecule has 0 radical (unpaired) electrons. The summed E-state index contributed by atoms with van der Waals surface area (Å²) in [4.78, 5) is 17.3. The summed E-state index contributed by atoms with van der Waals surface area (Å²) < 4.78 is 5.21. The molecule has 130 valence electrons. The number of nitrogens with one attached hydrogen (secondary N) is 1. The largest absolute Gasteiger partial charge is 0.497 e. The Labute approximate surface area is 149 Å². The molecule has 0 unspecified atom stereocenters. The summed E-state index contributed by atoms with van der Waals surface area (Å²) in [5.41, 5.74) is 3.23. The van der Waals surface area contributed by atoms with Gasteiger partial charge in [0, 0.05) is 27.7 Å². The van der Waals surface area contributed by atoms with Crippen molar-refractivity contribution in [3.63, 3.8) is 0 Å². The average Bonchev–Trinajstić information content (AvgIpc) is 3.25. The number of hydrogen-bond acceptors (Lipinski definition) is 5. The molecule has 2 heterocycles. The van der Waals surface area contributed by atoms with Crippen LogP contribution in [0.2, 0.25) is 0 Å². The number of aryl methyl sites for hydroxylation is 1. The number of ether oxygens (including phenoxy) is 1. The quantitative estimate of drug-likeness (QED) is 0.561. The third-order valence-corrected chi connectivity index (χ3v) is 4.24. The second-order valence-corrected chi connectivity index (χ2v) is 5.97. The molecule has 1 N–H and O–H groups in total. The number of methoxy groups -OCH3 is 1. The Balaban J connectivity index is 1.60. The van der Waals surface area contributed by atoms with Crippen LogP contribution in [0.4, 0.5) is 0 Å². The Kier molecular flexibility index (Phi) is 3.96. The minimum absolute atomic E-state index is 0.0274. The van der Waals surface area contributed by atoms with E-state index in [0.717, 1.165) is 22.2 Å². The maximum atomic E-state index is 12.8. The van der Waals surface area contributed by atoms with Crippen LogP contribution < -0.4 is 4.74 Å². The molecule has 2 aromatic carbocycles. The molecule has 0 atom stereocenters. The Morgan fingerprint density at radius 1 is 1.19 bits per heavy atom. The zero-order valence-corrected chi connectivity index (χ0v) is 14.4. The molecule has 0 saturated carbocycles.